The second-order valence-electron chi connectivity index (χ2n) is 11.2. The van der Waals surface area contributed by atoms with Gasteiger partial charge in [0, 0.05) is 46.7 Å². The number of nitrogens with zero attached hydrogens (tertiary/aromatic N) is 3. The minimum Gasteiger partial charge on any atom is -0.371 e. The number of piperidine rings is 1. The van der Waals surface area contributed by atoms with Gasteiger partial charge in [0.15, 0.2) is 0 Å². The van der Waals surface area contributed by atoms with Gasteiger partial charge in [0.05, 0.1) is 25.7 Å². The van der Waals surface area contributed by atoms with E-state index in [4.69, 9.17) is 4.99 Å². The normalized spacial score (nSPS) is 23.9. The zero-order chi connectivity index (χ0) is 24.1. The molecule has 178 valence electrons. The van der Waals surface area contributed by atoms with Gasteiger partial charge >= 0.3 is 0 Å². The van der Waals surface area contributed by atoms with Crippen molar-refractivity contribution in [3.05, 3.63) is 65.7 Å². The molecule has 1 unspecified atom stereocenters. The lowest BCUT2D eigenvalue weighted by Crippen LogP contribution is -2.62. The lowest BCUT2D eigenvalue weighted by atomic mass is 9.68. The van der Waals surface area contributed by atoms with E-state index in [0.29, 0.717) is 4.48 Å². The molecule has 0 aromatic heterocycles. The molecule has 5 rings (SSSR count). The van der Waals surface area contributed by atoms with Gasteiger partial charge in [-0.3, -0.25) is 9.48 Å². The first-order valence-electron chi connectivity index (χ1n) is 12.7. The van der Waals surface area contributed by atoms with Crippen molar-refractivity contribution in [2.24, 2.45) is 10.9 Å². The SMILES string of the molecule is Cc1cc(N2CCCCC2)c2ccccc2c1N=C[C@H]1C(O)[N+](C)(C)c2ccccc2C1(C)C. The summed E-state index contributed by atoms with van der Waals surface area (Å²) in [6, 6.07) is 19.5. The summed E-state index contributed by atoms with van der Waals surface area (Å²) >= 11 is 0. The summed E-state index contributed by atoms with van der Waals surface area (Å²) in [6.07, 6.45) is 5.30. The van der Waals surface area contributed by atoms with Crippen molar-refractivity contribution < 1.29 is 5.11 Å². The monoisotopic (exact) mass is 456 g/mol. The summed E-state index contributed by atoms with van der Waals surface area (Å²) in [6.45, 7) is 8.89. The molecule has 3 aromatic rings. The van der Waals surface area contributed by atoms with Gasteiger partial charge in [-0.2, -0.15) is 0 Å². The fourth-order valence-electron chi connectivity index (χ4n) is 6.08. The van der Waals surface area contributed by atoms with Gasteiger partial charge in [0.25, 0.3) is 0 Å². The van der Waals surface area contributed by atoms with Crippen LogP contribution >= 0.6 is 0 Å². The molecule has 3 aromatic carbocycles. The lowest BCUT2D eigenvalue weighted by Gasteiger charge is -2.49. The summed E-state index contributed by atoms with van der Waals surface area (Å²) in [5.41, 5.74) is 5.76. The molecule has 0 radical (unpaired) electrons. The van der Waals surface area contributed by atoms with E-state index in [1.807, 2.05) is 6.21 Å². The average Bonchev–Trinajstić information content (AvgIpc) is 2.84. The van der Waals surface area contributed by atoms with Crippen molar-refractivity contribution in [3.8, 4) is 0 Å². The molecule has 0 saturated carbocycles. The Morgan fingerprint density at radius 3 is 2.35 bits per heavy atom. The number of aryl methyl sites for hydroxylation is 1. The van der Waals surface area contributed by atoms with Crippen LogP contribution < -0.4 is 9.38 Å². The Balaban J connectivity index is 1.59. The van der Waals surface area contributed by atoms with E-state index in [2.05, 4.69) is 94.4 Å². The molecule has 34 heavy (non-hydrogen) atoms. The molecule has 2 atom stereocenters. The van der Waals surface area contributed by atoms with Gasteiger partial charge in [-0.1, -0.05) is 56.3 Å². The maximum atomic E-state index is 11.5. The third-order valence-corrected chi connectivity index (χ3v) is 8.28. The number of aliphatic hydroxyl groups excluding tert-OH is 1. The first-order valence-corrected chi connectivity index (χ1v) is 12.7. The Morgan fingerprint density at radius 1 is 0.971 bits per heavy atom. The number of hydrogen-bond acceptors (Lipinski definition) is 3. The molecule has 2 aliphatic heterocycles. The molecule has 1 N–H and O–H groups in total. The molecular formula is C30H38N3O+. The number of para-hydroxylation sites is 1. The minimum atomic E-state index is -0.576. The molecule has 0 amide bonds. The fraction of sp³-hybridized carbons (Fsp3) is 0.433. The van der Waals surface area contributed by atoms with Crippen LogP contribution in [-0.2, 0) is 5.41 Å². The van der Waals surface area contributed by atoms with Gasteiger partial charge in [0.2, 0.25) is 6.23 Å². The molecular weight excluding hydrogens is 418 g/mol. The molecule has 1 saturated heterocycles. The second-order valence-corrected chi connectivity index (χ2v) is 11.2. The zero-order valence-corrected chi connectivity index (χ0v) is 21.3. The number of hydrogen-bond donors (Lipinski definition) is 1. The highest BCUT2D eigenvalue weighted by Gasteiger charge is 2.51. The summed E-state index contributed by atoms with van der Waals surface area (Å²) in [7, 11) is 4.18. The van der Waals surface area contributed by atoms with Crippen molar-refractivity contribution in [3.63, 3.8) is 0 Å². The topological polar surface area (TPSA) is 35.8 Å². The van der Waals surface area contributed by atoms with Crippen LogP contribution in [0.4, 0.5) is 17.1 Å². The van der Waals surface area contributed by atoms with Crippen LogP contribution in [0.1, 0.15) is 44.2 Å². The highest BCUT2D eigenvalue weighted by Crippen LogP contribution is 2.47. The number of rotatable bonds is 3. The summed E-state index contributed by atoms with van der Waals surface area (Å²) in [4.78, 5) is 7.65. The zero-order valence-electron chi connectivity index (χ0n) is 21.3. The van der Waals surface area contributed by atoms with Crippen molar-refractivity contribution >= 4 is 34.0 Å². The number of quaternary nitrogens is 1. The maximum absolute atomic E-state index is 11.5. The van der Waals surface area contributed by atoms with Crippen molar-refractivity contribution in [1.82, 2.24) is 4.48 Å². The highest BCUT2D eigenvalue weighted by molar-refractivity contribution is 6.03. The quantitative estimate of drug-likeness (QED) is 0.369. The van der Waals surface area contributed by atoms with E-state index >= 15 is 0 Å². The molecule has 0 spiro atoms. The lowest BCUT2D eigenvalue weighted by molar-refractivity contribution is -0.0156. The number of aliphatic imine (C=N–C) groups is 1. The number of fused-ring (bicyclic) bond motifs is 2. The Morgan fingerprint density at radius 2 is 1.62 bits per heavy atom. The van der Waals surface area contributed by atoms with Crippen LogP contribution in [0.5, 0.6) is 0 Å². The van der Waals surface area contributed by atoms with E-state index in [-0.39, 0.29) is 11.3 Å². The predicted molar refractivity (Wildman–Crippen MR) is 146 cm³/mol. The van der Waals surface area contributed by atoms with Crippen LogP contribution in [-0.4, -0.2) is 44.7 Å². The predicted octanol–water partition coefficient (Wildman–Crippen LogP) is 6.33. The Hall–Kier alpha value is -2.69. The van der Waals surface area contributed by atoms with Crippen LogP contribution in [0.2, 0.25) is 0 Å². The van der Waals surface area contributed by atoms with Crippen molar-refractivity contribution in [1.29, 1.82) is 0 Å². The van der Waals surface area contributed by atoms with E-state index in [1.54, 1.807) is 0 Å². The van der Waals surface area contributed by atoms with E-state index in [0.717, 1.165) is 18.8 Å². The third kappa shape index (κ3) is 3.64. The number of benzene rings is 3. The first kappa shape index (κ1) is 23.1. The smallest absolute Gasteiger partial charge is 0.203 e. The standard InChI is InChI=1S/C30H38N3O/c1-21-19-26(32-17-11-6-12-18-32)22-13-7-8-14-23(22)28(21)31-20-25-29(34)33(4,5)27-16-10-9-15-24(27)30(25,2)3/h7-10,13-16,19-20,25,29,34H,6,11-12,17-18H2,1-5H3/q+1/t25-,29?/m0/s1. The number of anilines is 1. The van der Waals surface area contributed by atoms with E-state index < -0.39 is 6.23 Å². The second kappa shape index (κ2) is 8.51. The van der Waals surface area contributed by atoms with Gasteiger partial charge < -0.3 is 10.0 Å². The molecule has 0 aliphatic carbocycles. The molecule has 2 aliphatic rings. The largest absolute Gasteiger partial charge is 0.371 e. The van der Waals surface area contributed by atoms with Crippen molar-refractivity contribution in [2.75, 3.05) is 32.1 Å². The van der Waals surface area contributed by atoms with E-state index in [1.165, 1.54) is 52.5 Å². The Labute approximate surface area is 204 Å². The van der Waals surface area contributed by atoms with Gasteiger partial charge in [-0.25, -0.2) is 0 Å². The van der Waals surface area contributed by atoms with E-state index in [9.17, 15) is 5.11 Å². The molecule has 4 nitrogen and oxygen atoms in total. The summed E-state index contributed by atoms with van der Waals surface area (Å²) < 4.78 is 0.434. The number of aliphatic hydroxyl groups is 1. The average molecular weight is 457 g/mol. The van der Waals surface area contributed by atoms with Crippen LogP contribution in [0.15, 0.2) is 59.6 Å². The molecule has 2 heterocycles. The van der Waals surface area contributed by atoms with Gasteiger partial charge in [-0.15, -0.1) is 0 Å². The fourth-order valence-corrected chi connectivity index (χ4v) is 6.08. The van der Waals surface area contributed by atoms with Crippen LogP contribution in [0.25, 0.3) is 10.8 Å². The Bertz CT molecular complexity index is 1240. The van der Waals surface area contributed by atoms with Crippen LogP contribution in [0, 0.1) is 12.8 Å². The summed E-state index contributed by atoms with van der Waals surface area (Å²) in [5.74, 6) is -0.114. The van der Waals surface area contributed by atoms with Crippen molar-refractivity contribution in [2.45, 2.75) is 51.7 Å². The minimum absolute atomic E-state index is 0.114. The van der Waals surface area contributed by atoms with Gasteiger partial charge in [0.1, 0.15) is 5.69 Å². The highest BCUT2D eigenvalue weighted by atomic mass is 16.3. The third-order valence-electron chi connectivity index (χ3n) is 8.28. The molecule has 1 fully saturated rings. The van der Waals surface area contributed by atoms with Gasteiger partial charge in [-0.05, 0) is 43.9 Å². The Kier molecular flexibility index (Phi) is 5.78. The summed E-state index contributed by atoms with van der Waals surface area (Å²) in [5, 5.41) is 14.0. The van der Waals surface area contributed by atoms with Crippen LogP contribution in [0.3, 0.4) is 0 Å². The first-order chi connectivity index (χ1) is 16.2. The molecule has 0 bridgehead atoms. The molecule has 4 heteroatoms. The maximum Gasteiger partial charge on any atom is 0.203 e.